The minimum Gasteiger partial charge on any atom is -0.456 e. The predicted molar refractivity (Wildman–Crippen MR) is 266 cm³/mol. The first-order valence-corrected chi connectivity index (χ1v) is 21.8. The van der Waals surface area contributed by atoms with Crippen LogP contribution < -0.4 is 0 Å². The molecular weight excluding hydrogens is 785 g/mol. The molecule has 0 saturated heterocycles. The number of hydrogen-bond donors (Lipinski definition) is 0. The number of rotatable bonds is 5. The zero-order chi connectivity index (χ0) is 42.5. The minimum atomic E-state index is -0.307. The van der Waals surface area contributed by atoms with Gasteiger partial charge in [0.15, 0.2) is 5.84 Å². The van der Waals surface area contributed by atoms with E-state index in [2.05, 4.69) is 159 Å². The zero-order valence-corrected chi connectivity index (χ0v) is 35.1. The molecule has 0 aliphatic carbocycles. The normalized spacial score (nSPS) is 13.3. The summed E-state index contributed by atoms with van der Waals surface area (Å²) < 4.78 is 19.4. The second-order valence-corrected chi connectivity index (χ2v) is 16.8. The Hall–Kier alpha value is -8.28. The van der Waals surface area contributed by atoms with E-state index in [0.717, 1.165) is 99.3 Å². The summed E-state index contributed by atoms with van der Waals surface area (Å²) >= 11 is 0. The van der Waals surface area contributed by atoms with E-state index in [1.54, 1.807) is 0 Å². The van der Waals surface area contributed by atoms with E-state index in [1.165, 1.54) is 32.3 Å². The Labute approximate surface area is 367 Å². The van der Waals surface area contributed by atoms with Crippen LogP contribution in [0.25, 0.3) is 109 Å². The van der Waals surface area contributed by atoms with E-state index in [1.807, 2.05) is 42.5 Å². The molecule has 3 heterocycles. The molecule has 0 fully saturated rings. The molecule has 64 heavy (non-hydrogen) atoms. The first kappa shape index (κ1) is 36.4. The van der Waals surface area contributed by atoms with Crippen LogP contribution in [0, 0.1) is 0 Å². The summed E-state index contributed by atoms with van der Waals surface area (Å²) in [6.07, 6.45) is 0. The molecule has 302 valence electrons. The molecule has 0 radical (unpaired) electrons. The van der Waals surface area contributed by atoms with Crippen molar-refractivity contribution in [3.8, 4) is 11.1 Å². The highest BCUT2D eigenvalue weighted by molar-refractivity contribution is 6.27. The molecular formula is C59H38N2O3. The van der Waals surface area contributed by atoms with Crippen LogP contribution in [0.15, 0.2) is 211 Å². The second-order valence-electron chi connectivity index (χ2n) is 16.8. The molecule has 1 atom stereocenters. The van der Waals surface area contributed by atoms with E-state index in [-0.39, 0.29) is 6.04 Å². The van der Waals surface area contributed by atoms with Crippen LogP contribution in [0.2, 0.25) is 0 Å². The summed E-state index contributed by atoms with van der Waals surface area (Å²) in [5.74, 6) is 0.632. The maximum atomic E-state index is 6.56. The van der Waals surface area contributed by atoms with Gasteiger partial charge in [-0.05, 0) is 105 Å². The lowest BCUT2D eigenvalue weighted by Crippen LogP contribution is -2.07. The van der Waals surface area contributed by atoms with Gasteiger partial charge in [0, 0.05) is 49.2 Å². The number of para-hydroxylation sites is 3. The molecule has 0 aliphatic rings. The molecule has 0 amide bonds. The van der Waals surface area contributed by atoms with Gasteiger partial charge in [-0.15, -0.1) is 0 Å². The highest BCUT2D eigenvalue weighted by atomic mass is 16.3. The van der Waals surface area contributed by atoms with Crippen LogP contribution in [0.3, 0.4) is 0 Å². The van der Waals surface area contributed by atoms with E-state index in [0.29, 0.717) is 5.84 Å². The molecule has 5 nitrogen and oxygen atoms in total. The summed E-state index contributed by atoms with van der Waals surface area (Å²) in [7, 11) is 0. The Morgan fingerprint density at radius 2 is 0.984 bits per heavy atom. The number of amidine groups is 1. The Morgan fingerprint density at radius 3 is 1.73 bits per heavy atom. The maximum absolute atomic E-state index is 6.56. The molecule has 1 unspecified atom stereocenters. The third kappa shape index (κ3) is 5.57. The van der Waals surface area contributed by atoms with E-state index < -0.39 is 0 Å². The van der Waals surface area contributed by atoms with Crippen LogP contribution in [-0.2, 0) is 0 Å². The van der Waals surface area contributed by atoms with Crippen molar-refractivity contribution in [2.75, 3.05) is 0 Å². The van der Waals surface area contributed by atoms with Crippen LogP contribution in [-0.4, -0.2) is 11.5 Å². The number of fused-ring (bicyclic) bond motifs is 15. The molecule has 0 bridgehead atoms. The average Bonchev–Trinajstić information content (AvgIpc) is 4.05. The Kier molecular flexibility index (Phi) is 8.03. The summed E-state index contributed by atoms with van der Waals surface area (Å²) in [4.78, 5) is 11.1. The van der Waals surface area contributed by atoms with Gasteiger partial charge < -0.3 is 13.3 Å². The van der Waals surface area contributed by atoms with Crippen LogP contribution in [0.5, 0.6) is 0 Å². The first-order chi connectivity index (χ1) is 31.6. The van der Waals surface area contributed by atoms with Crippen molar-refractivity contribution in [3.05, 3.63) is 205 Å². The first-order valence-electron chi connectivity index (χ1n) is 21.8. The van der Waals surface area contributed by atoms with Crippen molar-refractivity contribution in [1.29, 1.82) is 0 Å². The van der Waals surface area contributed by atoms with Crippen molar-refractivity contribution in [3.63, 3.8) is 0 Å². The SMILES string of the molecule is CC(=NC(=NC(C)c1cccc2oc3ccc(-c4cccc5c4oc4ccccc45)cc3c12)c1cccc2oc3ccccc3c12)c1ccc2c3ccccc3c3ccccc3c2c1. The largest absolute Gasteiger partial charge is 0.456 e. The van der Waals surface area contributed by atoms with Crippen molar-refractivity contribution >= 4 is 110 Å². The molecule has 0 saturated carbocycles. The van der Waals surface area contributed by atoms with Gasteiger partial charge in [0.05, 0.1) is 6.04 Å². The van der Waals surface area contributed by atoms with Gasteiger partial charge in [-0.3, -0.25) is 4.99 Å². The topological polar surface area (TPSA) is 64.1 Å². The van der Waals surface area contributed by atoms with Crippen LogP contribution in [0.1, 0.15) is 36.6 Å². The number of benzene rings is 10. The lowest BCUT2D eigenvalue weighted by atomic mass is 9.93. The van der Waals surface area contributed by atoms with Gasteiger partial charge in [0.1, 0.15) is 33.5 Å². The van der Waals surface area contributed by atoms with E-state index >= 15 is 0 Å². The van der Waals surface area contributed by atoms with E-state index in [9.17, 15) is 0 Å². The lowest BCUT2D eigenvalue weighted by Gasteiger charge is -2.14. The third-order valence-electron chi connectivity index (χ3n) is 13.1. The van der Waals surface area contributed by atoms with Gasteiger partial charge in [0.2, 0.25) is 0 Å². The number of nitrogens with zero attached hydrogens (tertiary/aromatic N) is 2. The standard InChI is InChI=1S/C59H38N2O3/c1-34(36-28-30-44-42-16-4-3-14-40(42)41-15-5-6-17-43(41)49(44)32-36)60-59(48-23-13-27-55-57(48)47-19-8-10-25-52(47)62-55)61-35(2)38-20-12-26-54-56(38)50-33-37(29-31-53(50)63-54)39-21-11-22-46-45-18-7-9-24-51(45)64-58(39)46/h3-33,35H,1-2H3. The Bertz CT molecular complexity index is 4090. The van der Waals surface area contributed by atoms with Crippen molar-refractivity contribution < 1.29 is 13.3 Å². The maximum Gasteiger partial charge on any atom is 0.156 e. The quantitative estimate of drug-likeness (QED) is 0.0987. The lowest BCUT2D eigenvalue weighted by molar-refractivity contribution is 0.667. The molecule has 3 aromatic heterocycles. The fraction of sp³-hybridized carbons (Fsp3) is 0.0508. The summed E-state index contributed by atoms with van der Waals surface area (Å²) in [5, 5.41) is 13.7. The Morgan fingerprint density at radius 1 is 0.422 bits per heavy atom. The molecule has 13 rings (SSSR count). The fourth-order valence-corrected chi connectivity index (χ4v) is 10.1. The van der Waals surface area contributed by atoms with Gasteiger partial charge in [-0.2, -0.15) is 0 Å². The molecule has 0 N–H and O–H groups in total. The summed E-state index contributed by atoms with van der Waals surface area (Å²) in [5.41, 5.74) is 11.0. The van der Waals surface area contributed by atoms with Crippen molar-refractivity contribution in [2.24, 2.45) is 9.98 Å². The predicted octanol–water partition coefficient (Wildman–Crippen LogP) is 16.5. The molecule has 5 heteroatoms. The minimum absolute atomic E-state index is 0.307. The van der Waals surface area contributed by atoms with Crippen LogP contribution in [0.4, 0.5) is 0 Å². The molecule has 13 aromatic rings. The van der Waals surface area contributed by atoms with Crippen molar-refractivity contribution in [2.45, 2.75) is 19.9 Å². The Balaban J connectivity index is 0.996. The number of hydrogen-bond acceptors (Lipinski definition) is 4. The average molecular weight is 823 g/mol. The van der Waals surface area contributed by atoms with Gasteiger partial charge in [0.25, 0.3) is 0 Å². The number of furan rings is 3. The second kappa shape index (κ2) is 14.1. The molecule has 10 aromatic carbocycles. The molecule has 0 spiro atoms. The highest BCUT2D eigenvalue weighted by Crippen LogP contribution is 2.42. The van der Waals surface area contributed by atoms with Gasteiger partial charge in [-0.1, -0.05) is 146 Å². The summed E-state index contributed by atoms with van der Waals surface area (Å²) in [6.45, 7) is 4.24. The monoisotopic (exact) mass is 822 g/mol. The summed E-state index contributed by atoms with van der Waals surface area (Å²) in [6, 6.07) is 65.5. The smallest absolute Gasteiger partial charge is 0.156 e. The number of aliphatic imine (C=N–C) groups is 2. The molecule has 0 aliphatic heterocycles. The van der Waals surface area contributed by atoms with Crippen molar-refractivity contribution in [1.82, 2.24) is 0 Å². The van der Waals surface area contributed by atoms with Crippen LogP contribution >= 0.6 is 0 Å². The third-order valence-corrected chi connectivity index (χ3v) is 13.1. The highest BCUT2D eigenvalue weighted by Gasteiger charge is 2.21. The fourth-order valence-electron chi connectivity index (χ4n) is 10.1. The zero-order valence-electron chi connectivity index (χ0n) is 35.1. The van der Waals surface area contributed by atoms with Gasteiger partial charge in [-0.25, -0.2) is 4.99 Å². The van der Waals surface area contributed by atoms with Gasteiger partial charge >= 0.3 is 0 Å². The van der Waals surface area contributed by atoms with E-state index in [4.69, 9.17) is 23.2 Å².